The van der Waals surface area contributed by atoms with Crippen LogP contribution >= 0.6 is 35.3 Å². The monoisotopic (exact) mass is 508 g/mol. The average molecular weight is 508 g/mol. The summed E-state index contributed by atoms with van der Waals surface area (Å²) in [5, 5.41) is 18.0. The number of nitrogens with zero attached hydrogens (tertiary/aromatic N) is 2. The molecule has 0 saturated heterocycles. The van der Waals surface area contributed by atoms with Gasteiger partial charge in [0.1, 0.15) is 5.01 Å². The van der Waals surface area contributed by atoms with Gasteiger partial charge in [-0.2, -0.15) is 13.2 Å². The third kappa shape index (κ3) is 8.85. The number of alkyl halides is 3. The highest BCUT2D eigenvalue weighted by Gasteiger charge is 2.33. The molecule has 0 aromatic carbocycles. The largest absolute Gasteiger partial charge is 0.434 e. The van der Waals surface area contributed by atoms with E-state index >= 15 is 0 Å². The van der Waals surface area contributed by atoms with Crippen molar-refractivity contribution in [1.29, 1.82) is 0 Å². The van der Waals surface area contributed by atoms with Crippen molar-refractivity contribution in [2.24, 2.45) is 4.99 Å². The minimum absolute atomic E-state index is 0. The third-order valence-corrected chi connectivity index (χ3v) is 4.41. The molecule has 0 spiro atoms. The van der Waals surface area contributed by atoms with Crippen LogP contribution in [-0.2, 0) is 12.7 Å². The summed E-state index contributed by atoms with van der Waals surface area (Å²) < 4.78 is 37.7. The highest BCUT2D eigenvalue weighted by atomic mass is 127. The fourth-order valence-corrected chi connectivity index (χ4v) is 3.21. The van der Waals surface area contributed by atoms with E-state index in [9.17, 15) is 18.3 Å². The van der Waals surface area contributed by atoms with E-state index in [1.165, 1.54) is 0 Å². The number of rotatable bonds is 9. The summed E-state index contributed by atoms with van der Waals surface area (Å²) in [6.07, 6.45) is -1.35. The minimum atomic E-state index is -4.43. The van der Waals surface area contributed by atoms with Crippen LogP contribution in [0.2, 0.25) is 0 Å². The molecule has 0 bridgehead atoms. The van der Waals surface area contributed by atoms with Gasteiger partial charge in [0.05, 0.1) is 12.1 Å². The van der Waals surface area contributed by atoms with Gasteiger partial charge in [-0.1, -0.05) is 26.7 Å². The summed E-state index contributed by atoms with van der Waals surface area (Å²) in [5.41, 5.74) is -1.70. The van der Waals surface area contributed by atoms with E-state index in [1.807, 2.05) is 20.8 Å². The molecule has 152 valence electrons. The number of hydrogen-bond acceptors (Lipinski definition) is 4. The van der Waals surface area contributed by atoms with Gasteiger partial charge in [0.15, 0.2) is 11.7 Å². The van der Waals surface area contributed by atoms with Gasteiger partial charge in [-0.05, 0) is 19.8 Å². The Balaban J connectivity index is 0.00000625. The standard InChI is InChI=1S/C16H27F3N4OS.HI/c1-4-7-15(24,8-5-2)11-22-14(20-6-3)21-9-13-23-12(10-25-13)16(17,18)19;/h10,24H,4-9,11H2,1-3H3,(H2,20,21,22);1H. The molecular weight excluding hydrogens is 480 g/mol. The first-order chi connectivity index (χ1) is 11.7. The van der Waals surface area contributed by atoms with E-state index in [-0.39, 0.29) is 30.5 Å². The molecule has 0 radical (unpaired) electrons. The van der Waals surface area contributed by atoms with Crippen molar-refractivity contribution in [3.63, 3.8) is 0 Å². The summed E-state index contributed by atoms with van der Waals surface area (Å²) in [6, 6.07) is 0. The van der Waals surface area contributed by atoms with Gasteiger partial charge in [-0.3, -0.25) is 0 Å². The zero-order valence-corrected chi connectivity index (χ0v) is 18.5. The number of halogens is 4. The molecule has 0 saturated carbocycles. The lowest BCUT2D eigenvalue weighted by Gasteiger charge is -2.28. The summed E-state index contributed by atoms with van der Waals surface area (Å²) in [6.45, 7) is 6.92. The lowest BCUT2D eigenvalue weighted by molar-refractivity contribution is -0.140. The van der Waals surface area contributed by atoms with Crippen molar-refractivity contribution < 1.29 is 18.3 Å². The van der Waals surface area contributed by atoms with Gasteiger partial charge >= 0.3 is 6.18 Å². The van der Waals surface area contributed by atoms with Crippen LogP contribution in [0.15, 0.2) is 10.4 Å². The summed E-state index contributed by atoms with van der Waals surface area (Å²) in [7, 11) is 0. The number of aromatic nitrogens is 1. The smallest absolute Gasteiger partial charge is 0.388 e. The predicted molar refractivity (Wildman–Crippen MR) is 110 cm³/mol. The Hall–Kier alpha value is -0.620. The molecule has 5 nitrogen and oxygen atoms in total. The summed E-state index contributed by atoms with van der Waals surface area (Å²) in [5.74, 6) is 0.455. The third-order valence-electron chi connectivity index (χ3n) is 3.57. The van der Waals surface area contributed by atoms with Crippen LogP contribution in [0.3, 0.4) is 0 Å². The Morgan fingerprint density at radius 3 is 2.27 bits per heavy atom. The maximum Gasteiger partial charge on any atom is 0.434 e. The van der Waals surface area contributed by atoms with Crippen LogP contribution in [0.4, 0.5) is 13.2 Å². The van der Waals surface area contributed by atoms with Crippen LogP contribution in [0.5, 0.6) is 0 Å². The predicted octanol–water partition coefficient (Wildman–Crippen LogP) is 4.17. The molecule has 0 aliphatic heterocycles. The number of aliphatic imine (C=N–C) groups is 1. The number of aliphatic hydroxyl groups is 1. The second kappa shape index (κ2) is 12.0. The zero-order valence-electron chi connectivity index (χ0n) is 15.3. The maximum atomic E-state index is 12.6. The molecule has 26 heavy (non-hydrogen) atoms. The molecule has 0 aliphatic carbocycles. The molecule has 0 fully saturated rings. The molecule has 0 unspecified atom stereocenters. The fraction of sp³-hybridized carbons (Fsp3) is 0.750. The molecule has 0 aliphatic rings. The van der Waals surface area contributed by atoms with Gasteiger partial charge in [-0.25, -0.2) is 9.98 Å². The normalized spacial score (nSPS) is 12.7. The van der Waals surface area contributed by atoms with Gasteiger partial charge in [0.2, 0.25) is 0 Å². The van der Waals surface area contributed by atoms with E-state index in [0.717, 1.165) is 29.6 Å². The minimum Gasteiger partial charge on any atom is -0.388 e. The van der Waals surface area contributed by atoms with E-state index in [4.69, 9.17) is 0 Å². The quantitative estimate of drug-likeness (QED) is 0.266. The van der Waals surface area contributed by atoms with Crippen molar-refractivity contribution in [1.82, 2.24) is 15.6 Å². The zero-order chi connectivity index (χ0) is 18.9. The Morgan fingerprint density at radius 2 is 1.81 bits per heavy atom. The SMILES string of the molecule is CCCC(O)(CCC)CNC(=NCc1nc(C(F)(F)F)cs1)NCC.I. The Labute approximate surface area is 173 Å². The Kier molecular flexibility index (Phi) is 11.7. The van der Waals surface area contributed by atoms with E-state index in [1.54, 1.807) is 0 Å². The first-order valence-corrected chi connectivity index (χ1v) is 9.38. The van der Waals surface area contributed by atoms with Gasteiger partial charge in [0, 0.05) is 18.5 Å². The Bertz CT molecular complexity index is 546. The summed E-state index contributed by atoms with van der Waals surface area (Å²) in [4.78, 5) is 7.83. The number of thiazole rings is 1. The molecule has 1 aromatic rings. The molecule has 3 N–H and O–H groups in total. The van der Waals surface area contributed by atoms with Crippen molar-refractivity contribution in [2.75, 3.05) is 13.1 Å². The first-order valence-electron chi connectivity index (χ1n) is 8.50. The highest BCUT2D eigenvalue weighted by molar-refractivity contribution is 14.0. The molecule has 0 amide bonds. The topological polar surface area (TPSA) is 69.5 Å². The molecule has 0 atom stereocenters. The van der Waals surface area contributed by atoms with Crippen LogP contribution in [0, 0.1) is 0 Å². The average Bonchev–Trinajstić information content (AvgIpc) is 3.00. The first kappa shape index (κ1) is 25.4. The van der Waals surface area contributed by atoms with Gasteiger partial charge < -0.3 is 15.7 Å². The van der Waals surface area contributed by atoms with E-state index < -0.39 is 17.5 Å². The molecule has 1 heterocycles. The molecule has 10 heteroatoms. The number of guanidine groups is 1. The lowest BCUT2D eigenvalue weighted by atomic mass is 9.93. The van der Waals surface area contributed by atoms with Crippen LogP contribution in [0.1, 0.15) is 57.2 Å². The van der Waals surface area contributed by atoms with E-state index in [2.05, 4.69) is 20.6 Å². The Morgan fingerprint density at radius 1 is 1.19 bits per heavy atom. The molecule has 1 aromatic heterocycles. The van der Waals surface area contributed by atoms with Crippen molar-refractivity contribution in [3.05, 3.63) is 16.1 Å². The molecular formula is C16H28F3IN4OS. The van der Waals surface area contributed by atoms with Crippen molar-refractivity contribution in [3.8, 4) is 0 Å². The number of hydrogen-bond donors (Lipinski definition) is 3. The van der Waals surface area contributed by atoms with E-state index in [0.29, 0.717) is 36.9 Å². The van der Waals surface area contributed by atoms with Crippen LogP contribution in [0.25, 0.3) is 0 Å². The second-order valence-corrected chi connectivity index (χ2v) is 6.84. The maximum absolute atomic E-state index is 12.6. The fourth-order valence-electron chi connectivity index (χ4n) is 2.48. The molecule has 1 rings (SSSR count). The van der Waals surface area contributed by atoms with Crippen molar-refractivity contribution in [2.45, 2.75) is 64.8 Å². The lowest BCUT2D eigenvalue weighted by Crippen LogP contribution is -2.47. The van der Waals surface area contributed by atoms with Gasteiger partial charge in [0.25, 0.3) is 0 Å². The second-order valence-electron chi connectivity index (χ2n) is 5.90. The highest BCUT2D eigenvalue weighted by Crippen LogP contribution is 2.30. The summed E-state index contributed by atoms with van der Waals surface area (Å²) >= 11 is 0.933. The van der Waals surface area contributed by atoms with Crippen molar-refractivity contribution >= 4 is 41.3 Å². The van der Waals surface area contributed by atoms with Crippen LogP contribution in [-0.4, -0.2) is 34.7 Å². The van der Waals surface area contributed by atoms with Gasteiger partial charge in [-0.15, -0.1) is 35.3 Å². The number of nitrogens with one attached hydrogen (secondary N) is 2. The van der Waals surface area contributed by atoms with Crippen LogP contribution < -0.4 is 10.6 Å².